The normalized spacial score (nSPS) is 12.1. The number of ether oxygens (including phenoxy) is 1. The number of hydrogen-bond donors (Lipinski definition) is 0. The molecule has 0 aliphatic rings. The summed E-state index contributed by atoms with van der Waals surface area (Å²) in [4.78, 5) is 0. The molecular weight excluding hydrogens is 256 g/mol. The van der Waals surface area contributed by atoms with Gasteiger partial charge in [0.05, 0.1) is 6.61 Å². The summed E-state index contributed by atoms with van der Waals surface area (Å²) < 4.78 is 5.68. The van der Waals surface area contributed by atoms with Crippen LogP contribution in [0.15, 0.2) is 54.6 Å². The van der Waals surface area contributed by atoms with E-state index < -0.39 is 0 Å². The molecule has 0 fully saturated rings. The maximum absolute atomic E-state index is 5.75. The van der Waals surface area contributed by atoms with Gasteiger partial charge in [-0.2, -0.15) is 0 Å². The molecule has 1 unspecified atom stereocenters. The van der Waals surface area contributed by atoms with Crippen LogP contribution in [0.2, 0.25) is 0 Å². The molecule has 100 valence electrons. The Balaban J connectivity index is 1.91. The summed E-state index contributed by atoms with van der Waals surface area (Å²) in [6.45, 7) is 2.75. The molecule has 2 aromatic rings. The smallest absolute Gasteiger partial charge is 0.119 e. The van der Waals surface area contributed by atoms with Crippen LogP contribution in [0.25, 0.3) is 0 Å². The lowest BCUT2D eigenvalue weighted by molar-refractivity contribution is 0.272. The van der Waals surface area contributed by atoms with Crippen LogP contribution in [0.1, 0.15) is 18.1 Å². The van der Waals surface area contributed by atoms with Crippen LogP contribution in [0.5, 0.6) is 5.75 Å². The van der Waals surface area contributed by atoms with Crippen LogP contribution >= 0.6 is 11.6 Å². The highest BCUT2D eigenvalue weighted by Gasteiger charge is 2.02. The Morgan fingerprint density at radius 2 is 1.58 bits per heavy atom. The van der Waals surface area contributed by atoms with Crippen LogP contribution in [0.4, 0.5) is 0 Å². The first-order valence-corrected chi connectivity index (χ1v) is 7.13. The van der Waals surface area contributed by atoms with Crippen molar-refractivity contribution in [3.8, 4) is 5.75 Å². The summed E-state index contributed by atoms with van der Waals surface area (Å²) in [5.41, 5.74) is 2.62. The number of alkyl halides is 1. The number of halogens is 1. The van der Waals surface area contributed by atoms with Gasteiger partial charge in [-0.25, -0.2) is 0 Å². The fourth-order valence-corrected chi connectivity index (χ4v) is 1.91. The topological polar surface area (TPSA) is 9.23 Å². The molecule has 1 nitrogen and oxygen atoms in total. The van der Waals surface area contributed by atoms with Crippen LogP contribution in [-0.4, -0.2) is 12.5 Å². The van der Waals surface area contributed by atoms with E-state index in [2.05, 4.69) is 43.3 Å². The fourth-order valence-electron chi connectivity index (χ4n) is 1.82. The van der Waals surface area contributed by atoms with Gasteiger partial charge in [0.1, 0.15) is 5.75 Å². The van der Waals surface area contributed by atoms with Crippen LogP contribution in [-0.2, 0) is 6.42 Å². The lowest BCUT2D eigenvalue weighted by Gasteiger charge is -2.10. The summed E-state index contributed by atoms with van der Waals surface area (Å²) >= 11 is 5.75. The third-order valence-electron chi connectivity index (χ3n) is 2.97. The van der Waals surface area contributed by atoms with Gasteiger partial charge in [-0.3, -0.25) is 0 Å². The number of rotatable bonds is 6. The monoisotopic (exact) mass is 274 g/mol. The Morgan fingerprint density at radius 3 is 2.21 bits per heavy atom. The lowest BCUT2D eigenvalue weighted by Crippen LogP contribution is -2.09. The SMILES string of the molecule is CC(CCl)COc1ccc(Cc2ccccc2)cc1. The Labute approximate surface area is 120 Å². The molecule has 19 heavy (non-hydrogen) atoms. The molecule has 2 heteroatoms. The first kappa shape index (κ1) is 14.0. The number of hydrogen-bond acceptors (Lipinski definition) is 1. The summed E-state index contributed by atoms with van der Waals surface area (Å²) in [5.74, 6) is 1.92. The highest BCUT2D eigenvalue weighted by Crippen LogP contribution is 2.16. The zero-order valence-electron chi connectivity index (χ0n) is 11.2. The molecule has 0 saturated heterocycles. The van der Waals surface area contributed by atoms with E-state index in [1.165, 1.54) is 11.1 Å². The second-order valence-corrected chi connectivity index (χ2v) is 5.19. The maximum atomic E-state index is 5.75. The average Bonchev–Trinajstić information content (AvgIpc) is 2.47. The van der Waals surface area contributed by atoms with Crippen molar-refractivity contribution in [1.82, 2.24) is 0 Å². The van der Waals surface area contributed by atoms with Gasteiger partial charge in [0.25, 0.3) is 0 Å². The largest absolute Gasteiger partial charge is 0.493 e. The first-order valence-electron chi connectivity index (χ1n) is 6.59. The molecule has 0 saturated carbocycles. The van der Waals surface area contributed by atoms with Gasteiger partial charge in [-0.05, 0) is 29.7 Å². The molecule has 0 aliphatic heterocycles. The molecule has 2 rings (SSSR count). The van der Waals surface area contributed by atoms with Gasteiger partial charge in [0.2, 0.25) is 0 Å². The predicted molar refractivity (Wildman–Crippen MR) is 81.1 cm³/mol. The Kier molecular flexibility index (Phi) is 5.29. The number of benzene rings is 2. The molecular formula is C17H19ClO. The van der Waals surface area contributed by atoms with Crippen molar-refractivity contribution >= 4 is 11.6 Å². The Morgan fingerprint density at radius 1 is 0.947 bits per heavy atom. The highest BCUT2D eigenvalue weighted by molar-refractivity contribution is 6.18. The van der Waals surface area contributed by atoms with Gasteiger partial charge < -0.3 is 4.74 Å². The van der Waals surface area contributed by atoms with E-state index >= 15 is 0 Å². The summed E-state index contributed by atoms with van der Waals surface area (Å²) in [5, 5.41) is 0. The molecule has 0 radical (unpaired) electrons. The average molecular weight is 275 g/mol. The minimum absolute atomic E-state index is 0.380. The predicted octanol–water partition coefficient (Wildman–Crippen LogP) is 4.53. The molecule has 0 spiro atoms. The van der Waals surface area contributed by atoms with Crippen molar-refractivity contribution in [2.45, 2.75) is 13.3 Å². The van der Waals surface area contributed by atoms with E-state index in [9.17, 15) is 0 Å². The van der Waals surface area contributed by atoms with Crippen molar-refractivity contribution in [3.63, 3.8) is 0 Å². The molecule has 0 aromatic heterocycles. The first-order chi connectivity index (χ1) is 9.28. The second kappa shape index (κ2) is 7.20. The summed E-state index contributed by atoms with van der Waals surface area (Å²) in [6, 6.07) is 18.8. The second-order valence-electron chi connectivity index (χ2n) is 4.88. The molecule has 0 bridgehead atoms. The van der Waals surface area contributed by atoms with Crippen LogP contribution in [0, 0.1) is 5.92 Å². The molecule has 2 aromatic carbocycles. The lowest BCUT2D eigenvalue weighted by atomic mass is 10.1. The molecule has 0 aliphatic carbocycles. The van der Waals surface area contributed by atoms with E-state index in [1.807, 2.05) is 18.2 Å². The molecule has 0 amide bonds. The van der Waals surface area contributed by atoms with Gasteiger partial charge in [-0.1, -0.05) is 49.4 Å². The van der Waals surface area contributed by atoms with Gasteiger partial charge in [0.15, 0.2) is 0 Å². The van der Waals surface area contributed by atoms with Crippen LogP contribution in [0.3, 0.4) is 0 Å². The van der Waals surface area contributed by atoms with E-state index in [0.717, 1.165) is 12.2 Å². The molecule has 0 N–H and O–H groups in total. The summed E-state index contributed by atoms with van der Waals surface area (Å²) in [7, 11) is 0. The van der Waals surface area contributed by atoms with E-state index in [4.69, 9.17) is 16.3 Å². The fraction of sp³-hybridized carbons (Fsp3) is 0.294. The van der Waals surface area contributed by atoms with Gasteiger partial charge >= 0.3 is 0 Å². The van der Waals surface area contributed by atoms with Gasteiger partial charge in [-0.15, -0.1) is 11.6 Å². The highest BCUT2D eigenvalue weighted by atomic mass is 35.5. The quantitative estimate of drug-likeness (QED) is 0.703. The zero-order valence-corrected chi connectivity index (χ0v) is 11.9. The van der Waals surface area contributed by atoms with Crippen molar-refractivity contribution in [1.29, 1.82) is 0 Å². The Bertz CT molecular complexity index is 478. The summed E-state index contributed by atoms with van der Waals surface area (Å²) in [6.07, 6.45) is 0.958. The van der Waals surface area contributed by atoms with Gasteiger partial charge in [0, 0.05) is 11.8 Å². The minimum Gasteiger partial charge on any atom is -0.493 e. The van der Waals surface area contributed by atoms with Crippen molar-refractivity contribution in [3.05, 3.63) is 65.7 Å². The third kappa shape index (κ3) is 4.60. The third-order valence-corrected chi connectivity index (χ3v) is 3.50. The molecule has 0 heterocycles. The van der Waals surface area contributed by atoms with Crippen molar-refractivity contribution < 1.29 is 4.74 Å². The van der Waals surface area contributed by atoms with Crippen LogP contribution < -0.4 is 4.74 Å². The zero-order chi connectivity index (χ0) is 13.5. The van der Waals surface area contributed by atoms with Crippen molar-refractivity contribution in [2.24, 2.45) is 5.92 Å². The van der Waals surface area contributed by atoms with E-state index in [1.54, 1.807) is 0 Å². The minimum atomic E-state index is 0.380. The van der Waals surface area contributed by atoms with E-state index in [0.29, 0.717) is 18.4 Å². The van der Waals surface area contributed by atoms with Crippen molar-refractivity contribution in [2.75, 3.05) is 12.5 Å². The maximum Gasteiger partial charge on any atom is 0.119 e. The molecule has 1 atom stereocenters. The van der Waals surface area contributed by atoms with E-state index in [-0.39, 0.29) is 0 Å². The standard InChI is InChI=1S/C17H19ClO/c1-14(12-18)13-19-17-9-7-16(8-10-17)11-15-5-3-2-4-6-15/h2-10,14H,11-13H2,1H3. The Hall–Kier alpha value is -1.47.